The van der Waals surface area contributed by atoms with Crippen LogP contribution in [0.4, 0.5) is 19.0 Å². The quantitative estimate of drug-likeness (QED) is 0.421. The van der Waals surface area contributed by atoms with E-state index < -0.39 is 27.6 Å². The smallest absolute Gasteiger partial charge is 0.266 e. The molecule has 0 saturated carbocycles. The van der Waals surface area contributed by atoms with Gasteiger partial charge < -0.3 is 5.32 Å². The third kappa shape index (κ3) is 5.78. The number of rotatable bonds is 5. The van der Waals surface area contributed by atoms with E-state index >= 15 is 0 Å². The molecule has 1 aromatic carbocycles. The van der Waals surface area contributed by atoms with Crippen molar-refractivity contribution in [2.45, 2.75) is 52.5 Å². The maximum Gasteiger partial charge on any atom is 0.266 e. The average Bonchev–Trinajstić information content (AvgIpc) is 2.79. The lowest BCUT2D eigenvalue weighted by Gasteiger charge is -2.23. The number of alkyl halides is 2. The number of nitrogens with one attached hydrogen (secondary N) is 1. The van der Waals surface area contributed by atoms with Gasteiger partial charge in [-0.3, -0.25) is 0 Å². The molecular weight excluding hydrogens is 489 g/mol. The third-order valence-corrected chi connectivity index (χ3v) is 7.58. The van der Waals surface area contributed by atoms with Crippen LogP contribution in [0.25, 0.3) is 11.0 Å². The van der Waals surface area contributed by atoms with Crippen LogP contribution in [-0.2, 0) is 16.4 Å². The Kier molecular flexibility index (Phi) is 8.35. The second-order valence-corrected chi connectivity index (χ2v) is 10.4. The highest BCUT2D eigenvalue weighted by Crippen LogP contribution is 2.36. The molecule has 0 amide bonds. The van der Waals surface area contributed by atoms with E-state index in [1.54, 1.807) is 13.0 Å². The zero-order chi connectivity index (χ0) is 25.0. The van der Waals surface area contributed by atoms with Crippen LogP contribution >= 0.6 is 11.6 Å². The molecule has 1 N–H and O–H groups in total. The number of fused-ring (bicyclic) bond motifs is 1. The van der Waals surface area contributed by atoms with Crippen molar-refractivity contribution in [3.8, 4) is 0 Å². The standard InChI is InChI=1S/C21H20ClF3N4O2S.C2H6/c1-11-27-20(26-10-13-3-2-4-14(17(13)23)19(24)25)16-9-15(18(22)29-21(16)28-11)12-5-7-32(30,31)8-6-12;1-2/h2-4,9,12,19H,5-8,10H2,1H3,(H,26,27,28,29);1-2H3. The van der Waals surface area contributed by atoms with Gasteiger partial charge in [-0.1, -0.05) is 43.6 Å². The van der Waals surface area contributed by atoms with Crippen molar-refractivity contribution in [1.82, 2.24) is 15.0 Å². The maximum atomic E-state index is 14.4. The Bertz CT molecular complexity index is 1270. The molecule has 4 rings (SSSR count). The predicted molar refractivity (Wildman–Crippen MR) is 128 cm³/mol. The van der Waals surface area contributed by atoms with Crippen LogP contribution in [0.5, 0.6) is 0 Å². The van der Waals surface area contributed by atoms with Gasteiger partial charge in [0.15, 0.2) is 5.65 Å². The van der Waals surface area contributed by atoms with Crippen LogP contribution in [0.15, 0.2) is 24.3 Å². The minimum absolute atomic E-state index is 0.0718. The highest BCUT2D eigenvalue weighted by molar-refractivity contribution is 7.91. The summed E-state index contributed by atoms with van der Waals surface area (Å²) >= 11 is 6.39. The van der Waals surface area contributed by atoms with Crippen molar-refractivity contribution in [3.63, 3.8) is 0 Å². The Morgan fingerprint density at radius 1 is 1.15 bits per heavy atom. The molecule has 0 radical (unpaired) electrons. The number of benzene rings is 1. The van der Waals surface area contributed by atoms with Gasteiger partial charge in [-0.05, 0) is 37.3 Å². The lowest BCUT2D eigenvalue weighted by atomic mass is 9.94. The fourth-order valence-corrected chi connectivity index (χ4v) is 5.64. The molecule has 1 fully saturated rings. The summed E-state index contributed by atoms with van der Waals surface area (Å²) in [4.78, 5) is 13.0. The van der Waals surface area contributed by atoms with Crippen LogP contribution in [0.2, 0.25) is 5.15 Å². The van der Waals surface area contributed by atoms with Gasteiger partial charge in [0.05, 0.1) is 22.5 Å². The van der Waals surface area contributed by atoms with Crippen LogP contribution < -0.4 is 5.32 Å². The van der Waals surface area contributed by atoms with Crippen LogP contribution in [0.1, 0.15) is 61.5 Å². The summed E-state index contributed by atoms with van der Waals surface area (Å²) in [6.45, 7) is 5.59. The van der Waals surface area contributed by atoms with Crippen molar-refractivity contribution in [1.29, 1.82) is 0 Å². The zero-order valence-corrected chi connectivity index (χ0v) is 20.7. The summed E-state index contributed by atoms with van der Waals surface area (Å²) in [5.41, 5.74) is 0.456. The van der Waals surface area contributed by atoms with E-state index in [4.69, 9.17) is 11.6 Å². The van der Waals surface area contributed by atoms with Crippen molar-refractivity contribution in [3.05, 3.63) is 57.8 Å². The SMILES string of the molecule is CC.Cc1nc(NCc2cccc(C(F)F)c2F)c2cc(C3CCS(=O)(=O)CC3)c(Cl)nc2n1. The molecule has 0 aliphatic carbocycles. The highest BCUT2D eigenvalue weighted by atomic mass is 35.5. The molecule has 184 valence electrons. The van der Waals surface area contributed by atoms with E-state index in [0.717, 1.165) is 6.07 Å². The molecule has 3 aromatic rings. The summed E-state index contributed by atoms with van der Waals surface area (Å²) in [6.07, 6.45) is -2.03. The first-order chi connectivity index (χ1) is 16.1. The normalized spacial score (nSPS) is 15.8. The van der Waals surface area contributed by atoms with Crippen LogP contribution in [0, 0.1) is 12.7 Å². The second-order valence-electron chi connectivity index (χ2n) is 7.76. The molecular formula is C23H26ClF3N4O2S. The number of anilines is 1. The lowest BCUT2D eigenvalue weighted by molar-refractivity contribution is 0.146. The summed E-state index contributed by atoms with van der Waals surface area (Å²) in [5.74, 6) is -0.0968. The molecule has 1 saturated heterocycles. The monoisotopic (exact) mass is 514 g/mol. The first kappa shape index (κ1) is 26.2. The molecule has 1 aliphatic rings. The molecule has 1 aliphatic heterocycles. The van der Waals surface area contributed by atoms with Gasteiger partial charge in [-0.2, -0.15) is 0 Å². The summed E-state index contributed by atoms with van der Waals surface area (Å²) in [7, 11) is -3.04. The Labute approximate surface area is 201 Å². The largest absolute Gasteiger partial charge is 0.365 e. The molecule has 0 unspecified atom stereocenters. The van der Waals surface area contributed by atoms with E-state index in [-0.39, 0.29) is 34.7 Å². The van der Waals surface area contributed by atoms with Gasteiger partial charge in [0.1, 0.15) is 32.4 Å². The number of sulfone groups is 1. The van der Waals surface area contributed by atoms with E-state index in [9.17, 15) is 21.6 Å². The fourth-order valence-electron chi connectivity index (χ4n) is 3.86. The molecule has 34 heavy (non-hydrogen) atoms. The van der Waals surface area contributed by atoms with Crippen molar-refractivity contribution in [2.24, 2.45) is 0 Å². The Morgan fingerprint density at radius 2 is 1.82 bits per heavy atom. The fraction of sp³-hybridized carbons (Fsp3) is 0.435. The highest BCUT2D eigenvalue weighted by Gasteiger charge is 2.27. The van der Waals surface area contributed by atoms with Gasteiger partial charge in [0, 0.05) is 12.1 Å². The minimum Gasteiger partial charge on any atom is -0.365 e. The lowest BCUT2D eigenvalue weighted by Crippen LogP contribution is -2.22. The summed E-state index contributed by atoms with van der Waals surface area (Å²) < 4.78 is 64.0. The minimum atomic E-state index is -3.04. The Balaban J connectivity index is 0.00000158. The third-order valence-electron chi connectivity index (χ3n) is 5.56. The molecule has 2 aromatic heterocycles. The molecule has 0 bridgehead atoms. The second kappa shape index (κ2) is 10.9. The van der Waals surface area contributed by atoms with Gasteiger partial charge in [0.25, 0.3) is 6.43 Å². The van der Waals surface area contributed by atoms with Gasteiger partial charge in [-0.15, -0.1) is 0 Å². The van der Waals surface area contributed by atoms with E-state index in [2.05, 4.69) is 20.3 Å². The molecule has 11 heteroatoms. The predicted octanol–water partition coefficient (Wildman–Crippen LogP) is 5.99. The van der Waals surface area contributed by atoms with Crippen LogP contribution in [-0.4, -0.2) is 34.9 Å². The van der Waals surface area contributed by atoms with Crippen molar-refractivity contribution < 1.29 is 21.6 Å². The Hall–Kier alpha value is -2.46. The topological polar surface area (TPSA) is 84.8 Å². The summed E-state index contributed by atoms with van der Waals surface area (Å²) in [6, 6.07) is 5.63. The number of aryl methyl sites for hydroxylation is 1. The number of halogens is 4. The van der Waals surface area contributed by atoms with Gasteiger partial charge in [-0.25, -0.2) is 36.5 Å². The van der Waals surface area contributed by atoms with Crippen molar-refractivity contribution in [2.75, 3.05) is 16.8 Å². The number of nitrogens with zero attached hydrogens (tertiary/aromatic N) is 3. The first-order valence-electron chi connectivity index (χ1n) is 11.0. The maximum absolute atomic E-state index is 14.4. The average molecular weight is 515 g/mol. The molecule has 0 spiro atoms. The summed E-state index contributed by atoms with van der Waals surface area (Å²) in [5, 5.41) is 3.79. The van der Waals surface area contributed by atoms with Gasteiger partial charge in [0.2, 0.25) is 0 Å². The Morgan fingerprint density at radius 3 is 2.47 bits per heavy atom. The van der Waals surface area contributed by atoms with E-state index in [1.807, 2.05) is 13.8 Å². The zero-order valence-electron chi connectivity index (χ0n) is 19.1. The molecule has 0 atom stereocenters. The van der Waals surface area contributed by atoms with Crippen molar-refractivity contribution >= 4 is 38.3 Å². The number of hydrogen-bond donors (Lipinski definition) is 1. The van der Waals surface area contributed by atoms with Gasteiger partial charge >= 0.3 is 0 Å². The number of hydrogen-bond acceptors (Lipinski definition) is 6. The van der Waals surface area contributed by atoms with E-state index in [0.29, 0.717) is 41.1 Å². The number of pyridine rings is 1. The van der Waals surface area contributed by atoms with Crippen LogP contribution in [0.3, 0.4) is 0 Å². The molecule has 3 heterocycles. The molecule has 6 nitrogen and oxygen atoms in total. The van der Waals surface area contributed by atoms with E-state index in [1.165, 1.54) is 12.1 Å². The first-order valence-corrected chi connectivity index (χ1v) is 13.2. The number of aromatic nitrogens is 3.